The Kier molecular flexibility index (Phi) is 3.79. The number of hydrogen-bond donors (Lipinski definition) is 1. The molecule has 0 aliphatic rings. The highest BCUT2D eigenvalue weighted by molar-refractivity contribution is 5.69. The van der Waals surface area contributed by atoms with E-state index in [1.807, 2.05) is 11.9 Å². The zero-order valence-corrected chi connectivity index (χ0v) is 9.10. The van der Waals surface area contributed by atoms with Crippen LogP contribution in [0.5, 0.6) is 0 Å². The highest BCUT2D eigenvalue weighted by Crippen LogP contribution is 2.03. The van der Waals surface area contributed by atoms with Crippen molar-refractivity contribution in [1.29, 1.82) is 0 Å². The van der Waals surface area contributed by atoms with Crippen LogP contribution >= 0.6 is 0 Å². The molecule has 0 fully saturated rings. The van der Waals surface area contributed by atoms with E-state index in [1.54, 1.807) is 13.8 Å². The maximum absolute atomic E-state index is 10.6. The van der Waals surface area contributed by atoms with Crippen LogP contribution in [0.15, 0.2) is 4.52 Å². The van der Waals surface area contributed by atoms with Gasteiger partial charge in [0.05, 0.1) is 12.5 Å². The molecular weight excluding hydrogens is 198 g/mol. The Morgan fingerprint density at radius 2 is 2.33 bits per heavy atom. The standard InChI is InChI=1S/C9H15N3O3/c1-6(9(13)14)4-12(3)5-8-10-7(2)15-11-8/h6H,4-5H2,1-3H3,(H,13,14). The quantitative estimate of drug-likeness (QED) is 0.768. The Balaban J connectivity index is 2.42. The number of aryl methyl sites for hydroxylation is 1. The molecule has 0 radical (unpaired) electrons. The largest absolute Gasteiger partial charge is 0.481 e. The summed E-state index contributed by atoms with van der Waals surface area (Å²) in [6, 6.07) is 0. The third-order valence-corrected chi connectivity index (χ3v) is 1.99. The number of nitrogens with zero attached hydrogens (tertiary/aromatic N) is 3. The van der Waals surface area contributed by atoms with E-state index in [2.05, 4.69) is 10.1 Å². The Morgan fingerprint density at radius 1 is 1.67 bits per heavy atom. The van der Waals surface area contributed by atoms with Gasteiger partial charge in [0, 0.05) is 13.5 Å². The second-order valence-corrected chi connectivity index (χ2v) is 3.67. The molecule has 1 unspecified atom stereocenters. The molecule has 0 aliphatic carbocycles. The van der Waals surface area contributed by atoms with Gasteiger partial charge >= 0.3 is 5.97 Å². The van der Waals surface area contributed by atoms with Gasteiger partial charge in [-0.25, -0.2) is 0 Å². The third-order valence-electron chi connectivity index (χ3n) is 1.99. The first-order chi connectivity index (χ1) is 6.99. The topological polar surface area (TPSA) is 79.5 Å². The van der Waals surface area contributed by atoms with E-state index in [-0.39, 0.29) is 0 Å². The molecule has 1 N–H and O–H groups in total. The van der Waals surface area contributed by atoms with Crippen LogP contribution in [0.4, 0.5) is 0 Å². The van der Waals surface area contributed by atoms with Gasteiger partial charge in [-0.15, -0.1) is 0 Å². The summed E-state index contributed by atoms with van der Waals surface area (Å²) < 4.78 is 4.81. The fraction of sp³-hybridized carbons (Fsp3) is 0.667. The maximum Gasteiger partial charge on any atom is 0.307 e. The zero-order valence-electron chi connectivity index (χ0n) is 9.10. The van der Waals surface area contributed by atoms with Gasteiger partial charge in [0.15, 0.2) is 5.82 Å². The Bertz CT molecular complexity index is 337. The molecule has 1 heterocycles. The van der Waals surface area contributed by atoms with E-state index in [1.165, 1.54) is 0 Å². The van der Waals surface area contributed by atoms with Gasteiger partial charge in [-0.2, -0.15) is 4.98 Å². The van der Waals surface area contributed by atoms with Crippen molar-refractivity contribution in [1.82, 2.24) is 15.0 Å². The van der Waals surface area contributed by atoms with Gasteiger partial charge in [-0.3, -0.25) is 9.69 Å². The number of aliphatic carboxylic acids is 1. The van der Waals surface area contributed by atoms with Gasteiger partial charge in [-0.1, -0.05) is 12.1 Å². The van der Waals surface area contributed by atoms with Crippen LogP contribution < -0.4 is 0 Å². The number of hydrogen-bond acceptors (Lipinski definition) is 5. The van der Waals surface area contributed by atoms with Crippen molar-refractivity contribution in [2.24, 2.45) is 5.92 Å². The molecule has 6 nitrogen and oxygen atoms in total. The van der Waals surface area contributed by atoms with Crippen molar-refractivity contribution < 1.29 is 14.4 Å². The average Bonchev–Trinajstić information content (AvgIpc) is 2.50. The van der Waals surface area contributed by atoms with Crippen LogP contribution in [0.25, 0.3) is 0 Å². The molecule has 0 amide bonds. The zero-order chi connectivity index (χ0) is 11.4. The summed E-state index contributed by atoms with van der Waals surface area (Å²) >= 11 is 0. The van der Waals surface area contributed by atoms with Crippen LogP contribution in [-0.2, 0) is 11.3 Å². The lowest BCUT2D eigenvalue weighted by Gasteiger charge is -2.16. The van der Waals surface area contributed by atoms with E-state index in [4.69, 9.17) is 9.63 Å². The van der Waals surface area contributed by atoms with Gasteiger partial charge in [0.1, 0.15) is 0 Å². The lowest BCUT2D eigenvalue weighted by Crippen LogP contribution is -2.28. The molecule has 15 heavy (non-hydrogen) atoms. The number of carboxylic acids is 1. The molecule has 1 rings (SSSR count). The summed E-state index contributed by atoms with van der Waals surface area (Å²) in [5.41, 5.74) is 0. The molecule has 0 bridgehead atoms. The minimum absolute atomic E-state index is 0.400. The Labute approximate surface area is 87.9 Å². The van der Waals surface area contributed by atoms with Crippen LogP contribution in [0.3, 0.4) is 0 Å². The molecule has 0 aliphatic heterocycles. The first-order valence-electron chi connectivity index (χ1n) is 4.69. The maximum atomic E-state index is 10.6. The van der Waals surface area contributed by atoms with Crippen molar-refractivity contribution in [3.05, 3.63) is 11.7 Å². The van der Waals surface area contributed by atoms with Gasteiger partial charge in [0.25, 0.3) is 0 Å². The minimum atomic E-state index is -0.800. The highest BCUT2D eigenvalue weighted by Gasteiger charge is 2.15. The summed E-state index contributed by atoms with van der Waals surface area (Å²) in [6.07, 6.45) is 0. The van der Waals surface area contributed by atoms with Gasteiger partial charge in [-0.05, 0) is 7.05 Å². The monoisotopic (exact) mass is 213 g/mol. The van der Waals surface area contributed by atoms with Crippen molar-refractivity contribution >= 4 is 5.97 Å². The molecule has 0 spiro atoms. The van der Waals surface area contributed by atoms with Gasteiger partial charge in [0.2, 0.25) is 5.89 Å². The summed E-state index contributed by atoms with van der Waals surface area (Å²) in [4.78, 5) is 16.5. The lowest BCUT2D eigenvalue weighted by atomic mass is 10.2. The normalized spacial score (nSPS) is 13.1. The summed E-state index contributed by atoms with van der Waals surface area (Å²) in [5, 5.41) is 12.5. The van der Waals surface area contributed by atoms with E-state index in [9.17, 15) is 4.79 Å². The first-order valence-corrected chi connectivity index (χ1v) is 4.69. The fourth-order valence-electron chi connectivity index (χ4n) is 1.26. The molecule has 6 heteroatoms. The highest BCUT2D eigenvalue weighted by atomic mass is 16.5. The number of carbonyl (C=O) groups is 1. The predicted octanol–water partition coefficient (Wildman–Crippen LogP) is 0.531. The minimum Gasteiger partial charge on any atom is -0.481 e. The number of rotatable bonds is 5. The van der Waals surface area contributed by atoms with Crippen LogP contribution in [0.1, 0.15) is 18.6 Å². The van der Waals surface area contributed by atoms with Crippen molar-refractivity contribution in [2.45, 2.75) is 20.4 Å². The van der Waals surface area contributed by atoms with E-state index >= 15 is 0 Å². The van der Waals surface area contributed by atoms with Crippen molar-refractivity contribution in [3.8, 4) is 0 Å². The molecule has 0 aromatic carbocycles. The fourth-order valence-corrected chi connectivity index (χ4v) is 1.26. The molecule has 0 saturated carbocycles. The first kappa shape index (κ1) is 11.6. The molecule has 0 saturated heterocycles. The van der Waals surface area contributed by atoms with Crippen LogP contribution in [0.2, 0.25) is 0 Å². The lowest BCUT2D eigenvalue weighted by molar-refractivity contribution is -0.141. The number of carboxylic acid groups (broad SMARTS) is 1. The number of aromatic nitrogens is 2. The Hall–Kier alpha value is -1.43. The molecule has 1 atom stereocenters. The van der Waals surface area contributed by atoms with Gasteiger partial charge < -0.3 is 9.63 Å². The third kappa shape index (κ3) is 3.67. The predicted molar refractivity (Wildman–Crippen MR) is 52.2 cm³/mol. The SMILES string of the molecule is Cc1nc(CN(C)CC(C)C(=O)O)no1. The van der Waals surface area contributed by atoms with E-state index in [0.717, 1.165) is 0 Å². The molecule has 1 aromatic rings. The molecule has 84 valence electrons. The second-order valence-electron chi connectivity index (χ2n) is 3.67. The van der Waals surface area contributed by atoms with Crippen molar-refractivity contribution in [2.75, 3.05) is 13.6 Å². The molecular formula is C9H15N3O3. The summed E-state index contributed by atoms with van der Waals surface area (Å²) in [5.74, 6) is -0.105. The molecule has 1 aromatic heterocycles. The second kappa shape index (κ2) is 4.88. The Morgan fingerprint density at radius 3 is 2.80 bits per heavy atom. The summed E-state index contributed by atoms with van der Waals surface area (Å²) in [6.45, 7) is 4.34. The van der Waals surface area contributed by atoms with E-state index < -0.39 is 11.9 Å². The van der Waals surface area contributed by atoms with Crippen LogP contribution in [-0.4, -0.2) is 39.7 Å². The average molecular weight is 213 g/mol. The van der Waals surface area contributed by atoms with Crippen molar-refractivity contribution in [3.63, 3.8) is 0 Å². The van der Waals surface area contributed by atoms with E-state index in [0.29, 0.717) is 24.8 Å². The summed E-state index contributed by atoms with van der Waals surface area (Å²) in [7, 11) is 1.82. The smallest absolute Gasteiger partial charge is 0.307 e. The van der Waals surface area contributed by atoms with Crippen LogP contribution in [0, 0.1) is 12.8 Å².